The number of urea groups is 1. The van der Waals surface area contributed by atoms with Crippen molar-refractivity contribution in [1.82, 2.24) is 20.1 Å². The summed E-state index contributed by atoms with van der Waals surface area (Å²) in [6.07, 6.45) is 0. The number of carbonyl (C=O) groups is 1. The van der Waals surface area contributed by atoms with Crippen molar-refractivity contribution in [1.29, 1.82) is 0 Å². The summed E-state index contributed by atoms with van der Waals surface area (Å²) in [7, 11) is 1.58. The summed E-state index contributed by atoms with van der Waals surface area (Å²) in [5, 5.41) is 10.9. The summed E-state index contributed by atoms with van der Waals surface area (Å²) in [6.45, 7) is 2.42. The molecular weight excluding hydrogens is 438 g/mol. The van der Waals surface area contributed by atoms with Gasteiger partial charge in [0.1, 0.15) is 16.5 Å². The Balaban J connectivity index is 1.41. The molecule has 2 amide bonds. The maximum atomic E-state index is 12.3. The lowest BCUT2D eigenvalue weighted by Gasteiger charge is -2.10. The fourth-order valence-electron chi connectivity index (χ4n) is 3.19. The van der Waals surface area contributed by atoms with E-state index in [0.29, 0.717) is 17.1 Å². The van der Waals surface area contributed by atoms with Crippen LogP contribution in [-0.4, -0.2) is 34.5 Å². The first kappa shape index (κ1) is 22.2. The van der Waals surface area contributed by atoms with Gasteiger partial charge in [-0.15, -0.1) is 11.3 Å². The van der Waals surface area contributed by atoms with Crippen molar-refractivity contribution in [2.45, 2.75) is 13.5 Å². The molecule has 0 saturated heterocycles. The molecule has 33 heavy (non-hydrogen) atoms. The Morgan fingerprint density at radius 3 is 2.55 bits per heavy atom. The van der Waals surface area contributed by atoms with Crippen LogP contribution in [0, 0.1) is 6.92 Å². The molecule has 9 heteroatoms. The molecule has 2 aromatic heterocycles. The van der Waals surface area contributed by atoms with Gasteiger partial charge in [-0.3, -0.25) is 4.79 Å². The van der Waals surface area contributed by atoms with E-state index in [-0.39, 0.29) is 24.7 Å². The van der Waals surface area contributed by atoms with Crippen LogP contribution in [0.4, 0.5) is 10.5 Å². The third-order valence-corrected chi connectivity index (χ3v) is 6.10. The number of hydrogen-bond donors (Lipinski definition) is 2. The molecule has 168 valence electrons. The lowest BCUT2D eigenvalue weighted by atomic mass is 10.2. The van der Waals surface area contributed by atoms with Gasteiger partial charge in [0.15, 0.2) is 0 Å². The topological polar surface area (TPSA) is 98.1 Å². The molecule has 0 aliphatic rings. The van der Waals surface area contributed by atoms with Crippen molar-refractivity contribution >= 4 is 23.1 Å². The number of rotatable bonds is 7. The molecule has 0 atom stereocenters. The number of thiazole rings is 1. The molecule has 0 aliphatic heterocycles. The second-order valence-corrected chi connectivity index (χ2v) is 8.19. The summed E-state index contributed by atoms with van der Waals surface area (Å²) < 4.78 is 6.45. The molecular formula is C24H23N5O3S. The van der Waals surface area contributed by atoms with E-state index in [1.54, 1.807) is 37.4 Å². The number of aromatic nitrogens is 3. The molecule has 4 rings (SSSR count). The van der Waals surface area contributed by atoms with E-state index in [1.807, 2.05) is 37.3 Å². The van der Waals surface area contributed by atoms with E-state index in [1.165, 1.54) is 22.1 Å². The fourth-order valence-corrected chi connectivity index (χ4v) is 4.23. The number of carbonyl (C=O) groups excluding carboxylic acids is 1. The number of nitrogens with zero attached hydrogens (tertiary/aromatic N) is 3. The minimum absolute atomic E-state index is 0.235. The van der Waals surface area contributed by atoms with Crippen molar-refractivity contribution in [3.05, 3.63) is 82.8 Å². The predicted molar refractivity (Wildman–Crippen MR) is 130 cm³/mol. The minimum atomic E-state index is -0.366. The summed E-state index contributed by atoms with van der Waals surface area (Å²) in [4.78, 5) is 30.0. The van der Waals surface area contributed by atoms with Crippen molar-refractivity contribution < 1.29 is 9.53 Å². The summed E-state index contributed by atoms with van der Waals surface area (Å²) in [6, 6.07) is 19.8. The molecule has 8 nitrogen and oxygen atoms in total. The van der Waals surface area contributed by atoms with Gasteiger partial charge in [0, 0.05) is 23.9 Å². The number of benzene rings is 2. The Labute approximate surface area is 194 Å². The first-order valence-corrected chi connectivity index (χ1v) is 11.2. The van der Waals surface area contributed by atoms with Gasteiger partial charge in [-0.2, -0.15) is 5.10 Å². The van der Waals surface area contributed by atoms with E-state index < -0.39 is 0 Å². The Morgan fingerprint density at radius 2 is 1.82 bits per heavy atom. The molecule has 4 aromatic rings. The average Bonchev–Trinajstić information content (AvgIpc) is 3.23. The second-order valence-electron chi connectivity index (χ2n) is 7.19. The van der Waals surface area contributed by atoms with Gasteiger partial charge in [0.25, 0.3) is 5.56 Å². The number of methoxy groups -OCH3 is 1. The first-order valence-electron chi connectivity index (χ1n) is 10.3. The van der Waals surface area contributed by atoms with Crippen LogP contribution in [0.1, 0.15) is 5.69 Å². The van der Waals surface area contributed by atoms with Crippen molar-refractivity contribution in [3.63, 3.8) is 0 Å². The molecule has 0 unspecified atom stereocenters. The van der Waals surface area contributed by atoms with Crippen molar-refractivity contribution in [2.24, 2.45) is 0 Å². The highest BCUT2D eigenvalue weighted by Crippen LogP contribution is 2.33. The van der Waals surface area contributed by atoms with Crippen LogP contribution in [0.2, 0.25) is 0 Å². The monoisotopic (exact) mass is 461 g/mol. The molecule has 0 bridgehead atoms. The van der Waals surface area contributed by atoms with E-state index >= 15 is 0 Å². The number of ether oxygens (including phenoxy) is 1. The van der Waals surface area contributed by atoms with Crippen LogP contribution in [0.3, 0.4) is 0 Å². The number of amides is 2. The van der Waals surface area contributed by atoms with Gasteiger partial charge in [-0.1, -0.05) is 30.3 Å². The second kappa shape index (κ2) is 10.1. The summed E-state index contributed by atoms with van der Waals surface area (Å²) in [5.74, 6) is 0.707. The molecule has 0 saturated carbocycles. The first-order chi connectivity index (χ1) is 16.0. The van der Waals surface area contributed by atoms with Gasteiger partial charge in [0.2, 0.25) is 0 Å². The number of anilines is 1. The van der Waals surface area contributed by atoms with Crippen LogP contribution in [0.25, 0.3) is 21.1 Å². The highest BCUT2D eigenvalue weighted by molar-refractivity contribution is 7.18. The number of nitrogens with one attached hydrogen (secondary N) is 2. The molecule has 0 aliphatic carbocycles. The summed E-state index contributed by atoms with van der Waals surface area (Å²) >= 11 is 1.54. The Kier molecular flexibility index (Phi) is 6.80. The van der Waals surface area contributed by atoms with Gasteiger partial charge >= 0.3 is 6.03 Å². The molecule has 0 spiro atoms. The maximum absolute atomic E-state index is 12.3. The zero-order chi connectivity index (χ0) is 23.2. The van der Waals surface area contributed by atoms with Gasteiger partial charge in [-0.25, -0.2) is 14.5 Å². The van der Waals surface area contributed by atoms with E-state index in [4.69, 9.17) is 4.74 Å². The van der Waals surface area contributed by atoms with Crippen LogP contribution in [0.5, 0.6) is 5.75 Å². The quantitative estimate of drug-likeness (QED) is 0.430. The lowest BCUT2D eigenvalue weighted by molar-refractivity contribution is 0.251. The zero-order valence-corrected chi connectivity index (χ0v) is 19.1. The molecule has 2 aromatic carbocycles. The van der Waals surface area contributed by atoms with Crippen LogP contribution >= 0.6 is 11.3 Å². The van der Waals surface area contributed by atoms with Crippen molar-refractivity contribution in [2.75, 3.05) is 19.0 Å². The van der Waals surface area contributed by atoms with Gasteiger partial charge in [0.05, 0.1) is 24.2 Å². The third-order valence-electron chi connectivity index (χ3n) is 4.87. The minimum Gasteiger partial charge on any atom is -0.497 e. The van der Waals surface area contributed by atoms with Gasteiger partial charge in [-0.05, 0) is 37.3 Å². The Bertz CT molecular complexity index is 1300. The van der Waals surface area contributed by atoms with Crippen LogP contribution in [0.15, 0.2) is 71.5 Å². The number of hydrogen-bond acceptors (Lipinski definition) is 6. The highest BCUT2D eigenvalue weighted by atomic mass is 32.1. The van der Waals surface area contributed by atoms with Gasteiger partial charge < -0.3 is 15.4 Å². The SMILES string of the molecule is COc1ccc(NC(=O)NCCn2nc(-c3sc(-c4ccccc4)nc3C)ccc2=O)cc1. The Hall–Kier alpha value is -3.98. The van der Waals surface area contributed by atoms with E-state index in [2.05, 4.69) is 20.7 Å². The molecule has 0 radical (unpaired) electrons. The maximum Gasteiger partial charge on any atom is 0.319 e. The predicted octanol–water partition coefficient (Wildman–Crippen LogP) is 4.17. The molecule has 2 N–H and O–H groups in total. The zero-order valence-electron chi connectivity index (χ0n) is 18.2. The van der Waals surface area contributed by atoms with Crippen LogP contribution < -0.4 is 20.9 Å². The standard InChI is InChI=1S/C24H23N5O3S/c1-16-22(33-23(26-16)17-6-4-3-5-7-17)20-12-13-21(30)29(28-20)15-14-25-24(31)27-18-8-10-19(32-2)11-9-18/h3-13H,14-15H2,1-2H3,(H2,25,27,31). The normalized spacial score (nSPS) is 10.6. The Morgan fingerprint density at radius 1 is 1.06 bits per heavy atom. The third kappa shape index (κ3) is 5.45. The number of aryl methyl sites for hydroxylation is 1. The fraction of sp³-hybridized carbons (Fsp3) is 0.167. The lowest BCUT2D eigenvalue weighted by Crippen LogP contribution is -2.34. The molecule has 0 fully saturated rings. The largest absolute Gasteiger partial charge is 0.497 e. The van der Waals surface area contributed by atoms with E-state index in [0.717, 1.165) is 21.1 Å². The highest BCUT2D eigenvalue weighted by Gasteiger charge is 2.13. The smallest absolute Gasteiger partial charge is 0.319 e. The van der Waals surface area contributed by atoms with Crippen LogP contribution in [-0.2, 0) is 6.54 Å². The van der Waals surface area contributed by atoms with Crippen molar-refractivity contribution in [3.8, 4) is 26.9 Å². The average molecular weight is 462 g/mol. The summed E-state index contributed by atoms with van der Waals surface area (Å²) in [5.41, 5.74) is 2.97. The van der Waals surface area contributed by atoms with E-state index in [9.17, 15) is 9.59 Å². The molecule has 2 heterocycles.